The van der Waals surface area contributed by atoms with Crippen molar-refractivity contribution in [3.05, 3.63) is 12.7 Å². The van der Waals surface area contributed by atoms with Crippen LogP contribution in [0.1, 0.15) is 12.8 Å². The average Bonchev–Trinajstić information content (AvgIpc) is 2.71. The Kier molecular flexibility index (Phi) is 3.05. The molecule has 1 aliphatic rings. The monoisotopic (exact) mass is 136 g/mol. The highest BCUT2D eigenvalue weighted by molar-refractivity contribution is 5.09. The van der Waals surface area contributed by atoms with Gasteiger partial charge in [0.1, 0.15) is 6.61 Å². The van der Waals surface area contributed by atoms with E-state index in [1.54, 1.807) is 6.08 Å². The maximum Gasteiger partial charge on any atom is 0.108 e. The predicted molar refractivity (Wildman–Crippen MR) is 41.5 cm³/mol. The molecule has 0 saturated heterocycles. The molecule has 1 aliphatic carbocycles. The second-order valence-electron chi connectivity index (χ2n) is 2.40. The third-order valence-corrected chi connectivity index (χ3v) is 1.29. The molecule has 1 fully saturated rings. The molecule has 0 atom stereocenters. The fourth-order valence-corrected chi connectivity index (χ4v) is 0.607. The summed E-state index contributed by atoms with van der Waals surface area (Å²) in [7, 11) is 0. The van der Waals surface area contributed by atoms with Crippen LogP contribution >= 0.6 is 0 Å². The van der Waals surface area contributed by atoms with E-state index in [0.29, 0.717) is 19.1 Å². The van der Waals surface area contributed by atoms with Gasteiger partial charge in [-0.25, -0.2) is 0 Å². The van der Waals surface area contributed by atoms with Crippen molar-refractivity contribution >= 4 is 0 Å². The van der Waals surface area contributed by atoms with Crippen LogP contribution in [0.3, 0.4) is 0 Å². The summed E-state index contributed by atoms with van der Waals surface area (Å²) in [6.07, 6.45) is 4.31. The number of rotatable bonds is 3. The van der Waals surface area contributed by atoms with E-state index in [4.69, 9.17) is 4.74 Å². The van der Waals surface area contributed by atoms with Crippen molar-refractivity contribution in [3.8, 4) is 11.8 Å². The molecule has 1 heteroatoms. The van der Waals surface area contributed by atoms with Gasteiger partial charge in [-0.1, -0.05) is 17.9 Å². The highest BCUT2D eigenvalue weighted by Crippen LogP contribution is 2.27. The van der Waals surface area contributed by atoms with Crippen molar-refractivity contribution in [1.82, 2.24) is 0 Å². The van der Waals surface area contributed by atoms with E-state index in [1.807, 2.05) is 0 Å². The Hall–Kier alpha value is -0.740. The van der Waals surface area contributed by atoms with Gasteiger partial charge in [0.2, 0.25) is 0 Å². The molecule has 0 aromatic heterocycles. The molecule has 0 aliphatic heterocycles. The Morgan fingerprint density at radius 1 is 1.60 bits per heavy atom. The van der Waals surface area contributed by atoms with E-state index in [-0.39, 0.29) is 0 Å². The topological polar surface area (TPSA) is 9.23 Å². The van der Waals surface area contributed by atoms with Crippen molar-refractivity contribution in [2.75, 3.05) is 13.2 Å². The van der Waals surface area contributed by atoms with E-state index >= 15 is 0 Å². The molecule has 0 spiro atoms. The zero-order chi connectivity index (χ0) is 7.23. The van der Waals surface area contributed by atoms with Gasteiger partial charge >= 0.3 is 0 Å². The van der Waals surface area contributed by atoms with Crippen LogP contribution in [0.15, 0.2) is 12.7 Å². The average molecular weight is 136 g/mol. The van der Waals surface area contributed by atoms with Crippen LogP contribution in [-0.4, -0.2) is 13.2 Å². The lowest BCUT2D eigenvalue weighted by Gasteiger charge is -1.89. The highest BCUT2D eigenvalue weighted by atomic mass is 16.5. The lowest BCUT2D eigenvalue weighted by Crippen LogP contribution is -1.89. The summed E-state index contributed by atoms with van der Waals surface area (Å²) >= 11 is 0. The third kappa shape index (κ3) is 3.32. The molecule has 54 valence electrons. The van der Waals surface area contributed by atoms with Gasteiger partial charge in [-0.3, -0.25) is 0 Å². The zero-order valence-corrected chi connectivity index (χ0v) is 6.10. The minimum atomic E-state index is 0.558. The molecule has 0 aromatic rings. The molecule has 10 heavy (non-hydrogen) atoms. The summed E-state index contributed by atoms with van der Waals surface area (Å²) < 4.78 is 5.07. The molecule has 0 N–H and O–H groups in total. The van der Waals surface area contributed by atoms with Crippen LogP contribution in [0, 0.1) is 17.8 Å². The highest BCUT2D eigenvalue weighted by Gasteiger charge is 2.17. The summed E-state index contributed by atoms with van der Waals surface area (Å²) in [5.41, 5.74) is 0. The largest absolute Gasteiger partial charge is 0.365 e. The first kappa shape index (κ1) is 7.37. The normalized spacial score (nSPS) is 15.6. The second kappa shape index (κ2) is 4.14. The molecule has 0 radical (unpaired) electrons. The quantitative estimate of drug-likeness (QED) is 0.325. The number of ether oxygens (including phenoxy) is 1. The lowest BCUT2D eigenvalue weighted by atomic mass is 10.4. The van der Waals surface area contributed by atoms with E-state index in [9.17, 15) is 0 Å². The molecule has 0 bridgehead atoms. The molecule has 0 heterocycles. The first-order valence-electron chi connectivity index (χ1n) is 3.60. The van der Waals surface area contributed by atoms with Crippen molar-refractivity contribution in [1.29, 1.82) is 0 Å². The fraction of sp³-hybridized carbons (Fsp3) is 0.556. The maximum atomic E-state index is 5.07. The van der Waals surface area contributed by atoms with Gasteiger partial charge < -0.3 is 4.74 Å². The van der Waals surface area contributed by atoms with Crippen molar-refractivity contribution in [2.24, 2.45) is 5.92 Å². The van der Waals surface area contributed by atoms with Gasteiger partial charge in [-0.2, -0.15) is 0 Å². The first-order chi connectivity index (χ1) is 4.93. The van der Waals surface area contributed by atoms with Crippen LogP contribution in [0.25, 0.3) is 0 Å². The Morgan fingerprint density at radius 2 is 2.40 bits per heavy atom. The van der Waals surface area contributed by atoms with Crippen LogP contribution in [0.5, 0.6) is 0 Å². The van der Waals surface area contributed by atoms with Crippen LogP contribution < -0.4 is 0 Å². The van der Waals surface area contributed by atoms with Crippen LogP contribution in [0.2, 0.25) is 0 Å². The molecule has 1 nitrogen and oxygen atoms in total. The minimum Gasteiger partial charge on any atom is -0.365 e. The summed E-state index contributed by atoms with van der Waals surface area (Å²) in [5.74, 6) is 6.76. The summed E-state index contributed by atoms with van der Waals surface area (Å²) in [5, 5.41) is 0. The standard InChI is InChI=1S/C9H12O/c1-2-7-10-8-3-4-9-5-6-9/h2,9H,1,5-8H2. The van der Waals surface area contributed by atoms with Gasteiger partial charge in [0.25, 0.3) is 0 Å². The minimum absolute atomic E-state index is 0.558. The number of hydrogen-bond donors (Lipinski definition) is 0. The fourth-order valence-electron chi connectivity index (χ4n) is 0.607. The van der Waals surface area contributed by atoms with Gasteiger partial charge in [-0.15, -0.1) is 6.58 Å². The van der Waals surface area contributed by atoms with E-state index < -0.39 is 0 Å². The Bertz CT molecular complexity index is 157. The predicted octanol–water partition coefficient (Wildman–Crippen LogP) is 1.60. The molecule has 0 amide bonds. The van der Waals surface area contributed by atoms with E-state index in [1.165, 1.54) is 12.8 Å². The zero-order valence-electron chi connectivity index (χ0n) is 6.10. The van der Waals surface area contributed by atoms with E-state index in [0.717, 1.165) is 0 Å². The van der Waals surface area contributed by atoms with Gasteiger partial charge in [-0.05, 0) is 12.8 Å². The summed E-state index contributed by atoms with van der Waals surface area (Å²) in [4.78, 5) is 0. The van der Waals surface area contributed by atoms with Gasteiger partial charge in [0.05, 0.1) is 6.61 Å². The molecular weight excluding hydrogens is 124 g/mol. The Balaban J connectivity index is 1.93. The lowest BCUT2D eigenvalue weighted by molar-refractivity contribution is 0.199. The molecule has 0 aromatic carbocycles. The summed E-state index contributed by atoms with van der Waals surface area (Å²) in [6.45, 7) is 4.70. The molecule has 0 unspecified atom stereocenters. The third-order valence-electron chi connectivity index (χ3n) is 1.29. The summed E-state index contributed by atoms with van der Waals surface area (Å²) in [6, 6.07) is 0. The Morgan fingerprint density at radius 3 is 3.00 bits per heavy atom. The second-order valence-corrected chi connectivity index (χ2v) is 2.40. The van der Waals surface area contributed by atoms with E-state index in [2.05, 4.69) is 18.4 Å². The molecule has 1 saturated carbocycles. The van der Waals surface area contributed by atoms with Crippen molar-refractivity contribution in [3.63, 3.8) is 0 Å². The molecule has 1 rings (SSSR count). The van der Waals surface area contributed by atoms with Crippen LogP contribution in [-0.2, 0) is 4.74 Å². The van der Waals surface area contributed by atoms with Crippen LogP contribution in [0.4, 0.5) is 0 Å². The molecular formula is C9H12O. The number of hydrogen-bond acceptors (Lipinski definition) is 1. The van der Waals surface area contributed by atoms with Crippen molar-refractivity contribution in [2.45, 2.75) is 12.8 Å². The SMILES string of the molecule is C=CCOCC#CC1CC1. The first-order valence-corrected chi connectivity index (χ1v) is 3.60. The maximum absolute atomic E-state index is 5.07. The van der Waals surface area contributed by atoms with Crippen molar-refractivity contribution < 1.29 is 4.74 Å². The smallest absolute Gasteiger partial charge is 0.108 e. The van der Waals surface area contributed by atoms with Gasteiger partial charge in [0.15, 0.2) is 0 Å². The Labute approximate surface area is 62.1 Å². The van der Waals surface area contributed by atoms with Gasteiger partial charge in [0, 0.05) is 5.92 Å².